The normalized spacial score (nSPS) is 11.8. The fraction of sp³-hybridized carbons (Fsp3) is 0.868. The van der Waals surface area contributed by atoms with Crippen LogP contribution in [-0.2, 0) is 14.4 Å². The van der Waals surface area contributed by atoms with Crippen LogP contribution in [0.4, 0.5) is 0 Å². The Morgan fingerprint density at radius 2 is 0.778 bits per heavy atom. The van der Waals surface area contributed by atoms with E-state index in [-0.39, 0.29) is 19.3 Å². The number of hydrogen-bond donors (Lipinski definition) is 2. The maximum Gasteiger partial charge on any atom is 0.303 e. The van der Waals surface area contributed by atoms with Crippen LogP contribution < -0.4 is 5.11 Å². The highest BCUT2D eigenvalue weighted by Gasteiger charge is 2.26. The zero-order valence-electron chi connectivity index (χ0n) is 29.3. The minimum atomic E-state index is -1.02. The van der Waals surface area contributed by atoms with Crippen molar-refractivity contribution in [3.05, 3.63) is 12.2 Å². The van der Waals surface area contributed by atoms with E-state index < -0.39 is 17.9 Å². The summed E-state index contributed by atoms with van der Waals surface area (Å²) in [5.74, 6) is -2.57. The molecule has 0 fully saturated rings. The van der Waals surface area contributed by atoms with Crippen molar-refractivity contribution in [2.24, 2.45) is 0 Å². The lowest BCUT2D eigenvalue weighted by Crippen LogP contribution is -2.51. The average Bonchev–Trinajstić information content (AvgIpc) is 3.00. The lowest BCUT2D eigenvalue weighted by Gasteiger charge is -2.39. The first-order valence-corrected chi connectivity index (χ1v) is 18.9. The lowest BCUT2D eigenvalue weighted by molar-refractivity contribution is -0.929. The van der Waals surface area contributed by atoms with Crippen LogP contribution in [0.15, 0.2) is 12.2 Å². The largest absolute Gasteiger partial charge is 0.550 e. The Bertz CT molecular complexity index is 683. The second kappa shape index (κ2) is 32.1. The van der Waals surface area contributed by atoms with Crippen LogP contribution in [0.3, 0.4) is 0 Å². The van der Waals surface area contributed by atoms with Gasteiger partial charge in [-0.3, -0.25) is 9.59 Å². The topological polar surface area (TPSA) is 115 Å². The number of carboxylic acid groups (broad SMARTS) is 3. The van der Waals surface area contributed by atoms with Gasteiger partial charge >= 0.3 is 11.9 Å². The molecule has 0 aromatic heterocycles. The van der Waals surface area contributed by atoms with Crippen LogP contribution in [-0.4, -0.2) is 58.8 Å². The zero-order chi connectivity index (χ0) is 33.3. The van der Waals surface area contributed by atoms with Crippen molar-refractivity contribution in [2.45, 2.75) is 187 Å². The Labute approximate surface area is 276 Å². The number of unbranched alkanes of at least 4 members (excludes halogenated alkanes) is 20. The van der Waals surface area contributed by atoms with Gasteiger partial charge in [-0.25, -0.2) is 0 Å². The Hall–Kier alpha value is -1.89. The van der Waals surface area contributed by atoms with Crippen molar-refractivity contribution in [2.75, 3.05) is 26.2 Å². The van der Waals surface area contributed by atoms with E-state index >= 15 is 0 Å². The van der Waals surface area contributed by atoms with Crippen LogP contribution in [0.5, 0.6) is 0 Å². The number of carbonyl (C=O) groups is 3. The van der Waals surface area contributed by atoms with E-state index in [0.29, 0.717) is 19.3 Å². The molecule has 0 aromatic rings. The Morgan fingerprint density at radius 1 is 0.467 bits per heavy atom. The fourth-order valence-corrected chi connectivity index (χ4v) is 6.41. The van der Waals surface area contributed by atoms with Crippen LogP contribution in [0.2, 0.25) is 0 Å². The molecule has 0 spiro atoms. The molecular formula is C38H71NO6. The van der Waals surface area contributed by atoms with Gasteiger partial charge in [-0.1, -0.05) is 103 Å². The molecule has 0 aliphatic heterocycles. The predicted molar refractivity (Wildman–Crippen MR) is 184 cm³/mol. The first-order valence-electron chi connectivity index (χ1n) is 18.9. The number of allylic oxidation sites excluding steroid dienone is 2. The summed E-state index contributed by atoms with van der Waals surface area (Å²) in [5.41, 5.74) is 0. The molecule has 264 valence electrons. The summed E-state index contributed by atoms with van der Waals surface area (Å²) in [4.78, 5) is 33.0. The molecule has 7 nitrogen and oxygen atoms in total. The van der Waals surface area contributed by atoms with E-state index in [1.165, 1.54) is 109 Å². The molecule has 0 aliphatic carbocycles. The zero-order valence-corrected chi connectivity index (χ0v) is 29.3. The molecule has 0 saturated heterocycles. The van der Waals surface area contributed by atoms with E-state index in [9.17, 15) is 19.5 Å². The van der Waals surface area contributed by atoms with Crippen LogP contribution in [0.25, 0.3) is 0 Å². The molecule has 0 heterocycles. The summed E-state index contributed by atoms with van der Waals surface area (Å²) in [6, 6.07) is 0. The molecule has 0 amide bonds. The lowest BCUT2D eigenvalue weighted by atomic mass is 10.0. The molecular weight excluding hydrogens is 566 g/mol. The molecule has 45 heavy (non-hydrogen) atoms. The van der Waals surface area contributed by atoms with Crippen LogP contribution >= 0.6 is 0 Å². The summed E-state index contributed by atoms with van der Waals surface area (Å²) < 4.78 is 0.843. The van der Waals surface area contributed by atoms with Gasteiger partial charge in [-0.05, 0) is 83.5 Å². The third-order valence-electron chi connectivity index (χ3n) is 9.20. The number of rotatable bonds is 36. The van der Waals surface area contributed by atoms with Gasteiger partial charge in [0.2, 0.25) is 0 Å². The minimum Gasteiger partial charge on any atom is -0.550 e. The maximum atomic E-state index is 11.0. The molecule has 0 radical (unpaired) electrons. The fourth-order valence-electron chi connectivity index (χ4n) is 6.41. The number of quaternary nitrogens is 1. The highest BCUT2D eigenvalue weighted by atomic mass is 16.4. The standard InChI is InChI=1S/C38H71NO6/c1-2-3-4-5-6-7-8-9-10-11-12-13-14-15-16-17-18-19-20-21-25-32-39(33-26-22-29-36(40)41,34-27-23-30-37(42)43)35-28-24-31-38(44)45/h14-15H,2-13,16-35H2,1H3,(H2-,40,41,42,43,44,45)/b15-14+. The molecule has 2 N–H and O–H groups in total. The average molecular weight is 638 g/mol. The van der Waals surface area contributed by atoms with E-state index in [0.717, 1.165) is 62.8 Å². The van der Waals surface area contributed by atoms with Crippen LogP contribution in [0.1, 0.15) is 187 Å². The van der Waals surface area contributed by atoms with Crippen molar-refractivity contribution >= 4 is 17.9 Å². The molecule has 0 aromatic carbocycles. The molecule has 0 saturated carbocycles. The van der Waals surface area contributed by atoms with Crippen LogP contribution in [0, 0.1) is 0 Å². The SMILES string of the molecule is CCCCCCCCCCCCC/C=C/CCCCCCCC[N+](CCCCC(=O)[O-])(CCCCC(=O)O)CCCCC(=O)O. The van der Waals surface area contributed by atoms with Gasteiger partial charge in [-0.15, -0.1) is 0 Å². The van der Waals surface area contributed by atoms with Crippen molar-refractivity contribution in [1.82, 2.24) is 0 Å². The Kier molecular flexibility index (Phi) is 30.7. The first-order chi connectivity index (χ1) is 21.8. The van der Waals surface area contributed by atoms with Gasteiger partial charge in [0.25, 0.3) is 0 Å². The van der Waals surface area contributed by atoms with Crippen molar-refractivity contribution in [3.63, 3.8) is 0 Å². The Morgan fingerprint density at radius 3 is 1.13 bits per heavy atom. The van der Waals surface area contributed by atoms with Crippen molar-refractivity contribution < 1.29 is 34.2 Å². The number of hydrogen-bond acceptors (Lipinski definition) is 4. The molecule has 0 aliphatic rings. The number of nitrogens with zero attached hydrogens (tertiary/aromatic N) is 1. The summed E-state index contributed by atoms with van der Waals surface area (Å²) in [7, 11) is 0. The van der Waals surface area contributed by atoms with Gasteiger partial charge < -0.3 is 24.6 Å². The van der Waals surface area contributed by atoms with Gasteiger partial charge in [0.05, 0.1) is 26.2 Å². The monoisotopic (exact) mass is 638 g/mol. The van der Waals surface area contributed by atoms with E-state index in [2.05, 4.69) is 19.1 Å². The third-order valence-corrected chi connectivity index (χ3v) is 9.20. The number of aliphatic carboxylic acids is 3. The molecule has 0 unspecified atom stereocenters. The summed E-state index contributed by atoms with van der Waals surface area (Å²) in [5, 5.41) is 29.0. The molecule has 7 heteroatoms. The van der Waals surface area contributed by atoms with Crippen molar-refractivity contribution in [1.29, 1.82) is 0 Å². The second-order valence-electron chi connectivity index (χ2n) is 13.5. The first kappa shape index (κ1) is 43.1. The van der Waals surface area contributed by atoms with Gasteiger partial charge in [-0.2, -0.15) is 0 Å². The van der Waals surface area contributed by atoms with E-state index in [4.69, 9.17) is 10.2 Å². The molecule has 0 bridgehead atoms. The van der Waals surface area contributed by atoms with E-state index in [1.54, 1.807) is 0 Å². The molecule has 0 rings (SSSR count). The third kappa shape index (κ3) is 31.9. The highest BCUT2D eigenvalue weighted by molar-refractivity contribution is 5.66. The summed E-state index contributed by atoms with van der Waals surface area (Å²) in [6.07, 6.45) is 34.4. The smallest absolute Gasteiger partial charge is 0.303 e. The van der Waals surface area contributed by atoms with Gasteiger partial charge in [0.1, 0.15) is 0 Å². The van der Waals surface area contributed by atoms with Crippen molar-refractivity contribution in [3.8, 4) is 0 Å². The quantitative estimate of drug-likeness (QED) is 0.0402. The highest BCUT2D eigenvalue weighted by Crippen LogP contribution is 2.20. The number of carbonyl (C=O) groups excluding carboxylic acids is 1. The second-order valence-corrected chi connectivity index (χ2v) is 13.5. The maximum absolute atomic E-state index is 11.0. The predicted octanol–water partition coefficient (Wildman–Crippen LogP) is 9.22. The molecule has 0 atom stereocenters. The summed E-state index contributed by atoms with van der Waals surface area (Å²) in [6.45, 7) is 5.87. The Balaban J connectivity index is 4.23. The van der Waals surface area contributed by atoms with E-state index in [1.807, 2.05) is 0 Å². The van der Waals surface area contributed by atoms with Gasteiger partial charge in [0.15, 0.2) is 0 Å². The summed E-state index contributed by atoms with van der Waals surface area (Å²) >= 11 is 0. The minimum absolute atomic E-state index is 0.0621. The number of carboxylic acids is 3. The van der Waals surface area contributed by atoms with Gasteiger partial charge in [0, 0.05) is 18.8 Å².